The third-order valence-electron chi connectivity index (χ3n) is 13.7. The predicted molar refractivity (Wildman–Crippen MR) is 273 cm³/mol. The molecule has 0 atom stereocenters. The van der Waals surface area contributed by atoms with Crippen LogP contribution in [0.4, 0.5) is 17.1 Å². The van der Waals surface area contributed by atoms with E-state index >= 15 is 0 Å². The van der Waals surface area contributed by atoms with E-state index in [1.54, 1.807) is 0 Å². The standard InChI is InChI=1S/C63H42N2O/c1-4-18-43(19-5-1)44-34-38-49(39-35-44)64(51-25-16-22-47(42-51)63(46-20-6-2-7-21-46)57-31-13-10-26-53(57)54-27-11-14-32-58(54)63)50-40-36-45(37-41-50)52-29-17-30-56-60-62(66-61(52)56)55-28-12-15-33-59(55)65(60)48-23-8-3-9-24-48/h1-42H. The molecule has 0 saturated heterocycles. The second-order valence-corrected chi connectivity index (χ2v) is 17.2. The highest BCUT2D eigenvalue weighted by molar-refractivity contribution is 6.18. The summed E-state index contributed by atoms with van der Waals surface area (Å²) in [6.45, 7) is 0. The van der Waals surface area contributed by atoms with Gasteiger partial charge < -0.3 is 13.9 Å². The molecule has 12 aromatic rings. The third-order valence-corrected chi connectivity index (χ3v) is 13.7. The average molecular weight is 843 g/mol. The molecule has 0 saturated carbocycles. The number of fused-ring (bicyclic) bond motifs is 8. The van der Waals surface area contributed by atoms with Crippen LogP contribution in [0.1, 0.15) is 22.3 Å². The fourth-order valence-electron chi connectivity index (χ4n) is 10.8. The molecule has 0 bridgehead atoms. The number of hydrogen-bond donors (Lipinski definition) is 0. The normalized spacial score (nSPS) is 12.7. The molecule has 3 nitrogen and oxygen atoms in total. The number of para-hydroxylation sites is 3. The highest BCUT2D eigenvalue weighted by atomic mass is 16.3. The maximum absolute atomic E-state index is 6.94. The van der Waals surface area contributed by atoms with E-state index in [1.807, 2.05) is 0 Å². The molecule has 0 N–H and O–H groups in total. The maximum atomic E-state index is 6.94. The van der Waals surface area contributed by atoms with E-state index < -0.39 is 5.41 Å². The molecule has 3 heteroatoms. The molecule has 2 heterocycles. The smallest absolute Gasteiger partial charge is 0.161 e. The van der Waals surface area contributed by atoms with Gasteiger partial charge in [0.2, 0.25) is 0 Å². The van der Waals surface area contributed by atoms with Crippen LogP contribution < -0.4 is 4.90 Å². The van der Waals surface area contributed by atoms with Crippen LogP contribution in [0.3, 0.4) is 0 Å². The number of benzene rings is 10. The van der Waals surface area contributed by atoms with Crippen LogP contribution in [-0.4, -0.2) is 4.57 Å². The Hall–Kier alpha value is -8.66. The molecule has 0 unspecified atom stereocenters. The fourth-order valence-corrected chi connectivity index (χ4v) is 10.8. The Balaban J connectivity index is 0.973. The minimum absolute atomic E-state index is 0.518. The Bertz CT molecular complexity index is 3690. The van der Waals surface area contributed by atoms with Crippen LogP contribution in [-0.2, 0) is 5.41 Å². The van der Waals surface area contributed by atoms with Crippen molar-refractivity contribution in [3.05, 3.63) is 277 Å². The van der Waals surface area contributed by atoms with Gasteiger partial charge in [-0.1, -0.05) is 188 Å². The van der Waals surface area contributed by atoms with Crippen molar-refractivity contribution < 1.29 is 4.42 Å². The van der Waals surface area contributed by atoms with Crippen LogP contribution in [0, 0.1) is 0 Å². The van der Waals surface area contributed by atoms with Crippen molar-refractivity contribution in [2.24, 2.45) is 0 Å². The second-order valence-electron chi connectivity index (χ2n) is 17.2. The average Bonchev–Trinajstić information content (AvgIpc) is 4.04. The van der Waals surface area contributed by atoms with Gasteiger partial charge in [0, 0.05) is 39.1 Å². The monoisotopic (exact) mass is 842 g/mol. The first kappa shape index (κ1) is 37.9. The van der Waals surface area contributed by atoms with Crippen molar-refractivity contribution in [2.45, 2.75) is 5.41 Å². The molecule has 13 rings (SSSR count). The minimum atomic E-state index is -0.518. The van der Waals surface area contributed by atoms with Crippen molar-refractivity contribution in [1.29, 1.82) is 0 Å². The quantitative estimate of drug-likeness (QED) is 0.152. The van der Waals surface area contributed by atoms with Crippen molar-refractivity contribution in [2.75, 3.05) is 4.90 Å². The lowest BCUT2D eigenvalue weighted by molar-refractivity contribution is 0.674. The highest BCUT2D eigenvalue weighted by Gasteiger charge is 2.46. The summed E-state index contributed by atoms with van der Waals surface area (Å²) in [5.74, 6) is 0. The van der Waals surface area contributed by atoms with Crippen molar-refractivity contribution in [3.8, 4) is 39.1 Å². The van der Waals surface area contributed by atoms with Gasteiger partial charge >= 0.3 is 0 Å². The highest BCUT2D eigenvalue weighted by Crippen LogP contribution is 2.56. The van der Waals surface area contributed by atoms with Crippen LogP contribution >= 0.6 is 0 Å². The molecule has 2 aromatic heterocycles. The SMILES string of the molecule is c1ccc(-c2ccc(N(c3ccc(-c4cccc5c4oc4c6ccccc6n(-c6ccccc6)c54)cc3)c3cccc(C4(c5ccccc5)c5ccccc5-c5ccccc54)c3)cc2)cc1. The summed E-state index contributed by atoms with van der Waals surface area (Å²) < 4.78 is 9.28. The molecular formula is C63H42N2O. The lowest BCUT2D eigenvalue weighted by Gasteiger charge is -2.35. The maximum Gasteiger partial charge on any atom is 0.161 e. The number of hydrogen-bond acceptors (Lipinski definition) is 2. The molecule has 1 aliphatic carbocycles. The van der Waals surface area contributed by atoms with E-state index in [4.69, 9.17) is 4.42 Å². The van der Waals surface area contributed by atoms with E-state index in [2.05, 4.69) is 264 Å². The summed E-state index contributed by atoms with van der Waals surface area (Å²) >= 11 is 0. The second kappa shape index (κ2) is 15.3. The molecule has 0 amide bonds. The first-order valence-electron chi connectivity index (χ1n) is 22.7. The Morgan fingerprint density at radius 2 is 0.864 bits per heavy atom. The Morgan fingerprint density at radius 3 is 1.56 bits per heavy atom. The first-order valence-corrected chi connectivity index (χ1v) is 22.7. The molecule has 310 valence electrons. The van der Waals surface area contributed by atoms with Gasteiger partial charge in [-0.2, -0.15) is 0 Å². The summed E-state index contributed by atoms with van der Waals surface area (Å²) in [4.78, 5) is 2.39. The van der Waals surface area contributed by atoms with E-state index in [1.165, 1.54) is 44.5 Å². The summed E-state index contributed by atoms with van der Waals surface area (Å²) in [5, 5.41) is 2.19. The topological polar surface area (TPSA) is 21.3 Å². The van der Waals surface area contributed by atoms with Crippen LogP contribution in [0.15, 0.2) is 259 Å². The lowest BCUT2D eigenvalue weighted by atomic mass is 9.67. The zero-order valence-electron chi connectivity index (χ0n) is 36.1. The molecule has 0 aliphatic heterocycles. The van der Waals surface area contributed by atoms with Gasteiger partial charge in [0.15, 0.2) is 5.58 Å². The molecule has 10 aromatic carbocycles. The predicted octanol–water partition coefficient (Wildman–Crippen LogP) is 16.7. The van der Waals surface area contributed by atoms with Crippen LogP contribution in [0.2, 0.25) is 0 Å². The van der Waals surface area contributed by atoms with Gasteiger partial charge in [-0.15, -0.1) is 0 Å². The zero-order valence-corrected chi connectivity index (χ0v) is 36.1. The van der Waals surface area contributed by atoms with Gasteiger partial charge in [-0.05, 0) is 117 Å². The zero-order chi connectivity index (χ0) is 43.6. The third kappa shape index (κ3) is 5.77. The lowest BCUT2D eigenvalue weighted by Crippen LogP contribution is -2.28. The Kier molecular flexibility index (Phi) is 8.75. The fraction of sp³-hybridized carbons (Fsp3) is 0.0159. The van der Waals surface area contributed by atoms with E-state index in [0.717, 1.165) is 66.8 Å². The summed E-state index contributed by atoms with van der Waals surface area (Å²) in [5.41, 5.74) is 19.9. The van der Waals surface area contributed by atoms with Crippen molar-refractivity contribution >= 4 is 50.0 Å². The molecule has 0 fully saturated rings. The van der Waals surface area contributed by atoms with Crippen LogP contribution in [0.5, 0.6) is 0 Å². The van der Waals surface area contributed by atoms with E-state index in [0.29, 0.717) is 0 Å². The number of rotatable bonds is 8. The van der Waals surface area contributed by atoms with Crippen LogP contribution in [0.25, 0.3) is 72.0 Å². The Labute approximate surface area is 383 Å². The number of aromatic nitrogens is 1. The number of nitrogens with zero attached hydrogens (tertiary/aromatic N) is 2. The van der Waals surface area contributed by atoms with E-state index in [-0.39, 0.29) is 0 Å². The van der Waals surface area contributed by atoms with Crippen molar-refractivity contribution in [1.82, 2.24) is 4.57 Å². The largest absolute Gasteiger partial charge is 0.453 e. The van der Waals surface area contributed by atoms with Gasteiger partial charge in [0.1, 0.15) is 11.1 Å². The first-order chi connectivity index (χ1) is 32.8. The summed E-state index contributed by atoms with van der Waals surface area (Å²) in [6.07, 6.45) is 0. The molecule has 0 spiro atoms. The van der Waals surface area contributed by atoms with Gasteiger partial charge in [-0.3, -0.25) is 0 Å². The molecule has 1 aliphatic rings. The van der Waals surface area contributed by atoms with Gasteiger partial charge in [0.25, 0.3) is 0 Å². The molecule has 66 heavy (non-hydrogen) atoms. The van der Waals surface area contributed by atoms with Gasteiger partial charge in [0.05, 0.1) is 10.9 Å². The van der Waals surface area contributed by atoms with Gasteiger partial charge in [-0.25, -0.2) is 0 Å². The summed E-state index contributed by atoms with van der Waals surface area (Å²) in [7, 11) is 0. The molecule has 0 radical (unpaired) electrons. The Morgan fingerprint density at radius 1 is 0.348 bits per heavy atom. The minimum Gasteiger partial charge on any atom is -0.453 e. The number of furan rings is 1. The van der Waals surface area contributed by atoms with E-state index in [9.17, 15) is 0 Å². The number of anilines is 3. The van der Waals surface area contributed by atoms with Crippen molar-refractivity contribution in [3.63, 3.8) is 0 Å². The molecular weight excluding hydrogens is 801 g/mol. The summed E-state index contributed by atoms with van der Waals surface area (Å²) in [6, 6.07) is 92.3.